The van der Waals surface area contributed by atoms with E-state index in [1.165, 1.54) is 27.8 Å². The molecule has 3 aromatic rings. The average molecular weight is 407 g/mol. The third-order valence-corrected chi connectivity index (χ3v) is 5.63. The zero-order chi connectivity index (χ0) is 20.4. The number of nitrogens with zero attached hydrogens (tertiary/aromatic N) is 4. The molecule has 0 spiro atoms. The number of hydrogen-bond donors (Lipinski definition) is 1. The third kappa shape index (κ3) is 4.02. The molecule has 29 heavy (non-hydrogen) atoms. The minimum absolute atomic E-state index is 0.0701. The number of carbonyl (C=O) groups excluding carboxylic acids is 2. The fourth-order valence-electron chi connectivity index (χ4n) is 3.09. The zero-order valence-electron chi connectivity index (χ0n) is 16.3. The summed E-state index contributed by atoms with van der Waals surface area (Å²) >= 11 is 1.47. The number of nitrogens with one attached hydrogen (secondary N) is 1. The number of imide groups is 1. The van der Waals surface area contributed by atoms with Crippen molar-refractivity contribution in [1.82, 2.24) is 25.0 Å². The highest BCUT2D eigenvalue weighted by molar-refractivity contribution is 7.99. The number of urea groups is 1. The maximum Gasteiger partial charge on any atom is 0.324 e. The van der Waals surface area contributed by atoms with Gasteiger partial charge in [-0.3, -0.25) is 14.3 Å². The van der Waals surface area contributed by atoms with Crippen LogP contribution in [-0.2, 0) is 4.79 Å². The van der Waals surface area contributed by atoms with E-state index in [2.05, 4.69) is 27.6 Å². The number of carbonyl (C=O) groups is 2. The highest BCUT2D eigenvalue weighted by Crippen LogP contribution is 2.28. The van der Waals surface area contributed by atoms with Crippen LogP contribution < -0.4 is 5.32 Å². The summed E-state index contributed by atoms with van der Waals surface area (Å²) in [6.45, 7) is 4.49. The van der Waals surface area contributed by atoms with Gasteiger partial charge < -0.3 is 5.32 Å². The van der Waals surface area contributed by atoms with Crippen LogP contribution in [0.2, 0.25) is 0 Å². The van der Waals surface area contributed by atoms with E-state index in [1.54, 1.807) is 0 Å². The van der Waals surface area contributed by atoms with E-state index in [-0.39, 0.29) is 18.5 Å². The summed E-state index contributed by atoms with van der Waals surface area (Å²) < 4.78 is 2.01. The summed E-state index contributed by atoms with van der Waals surface area (Å²) in [7, 11) is 0. The second-order valence-electron chi connectivity index (χ2n) is 6.90. The molecule has 1 aliphatic rings. The van der Waals surface area contributed by atoms with Gasteiger partial charge in [0.1, 0.15) is 0 Å². The van der Waals surface area contributed by atoms with Crippen molar-refractivity contribution in [2.75, 3.05) is 18.8 Å². The van der Waals surface area contributed by atoms with Gasteiger partial charge in [0.15, 0.2) is 11.0 Å². The molecule has 7 nitrogen and oxygen atoms in total. The van der Waals surface area contributed by atoms with Gasteiger partial charge in [-0.05, 0) is 26.0 Å². The molecular formula is C21H21N5O2S. The predicted molar refractivity (Wildman–Crippen MR) is 112 cm³/mol. The minimum atomic E-state index is -0.337. The van der Waals surface area contributed by atoms with Crippen LogP contribution in [0.1, 0.15) is 11.1 Å². The second-order valence-corrected chi connectivity index (χ2v) is 7.96. The van der Waals surface area contributed by atoms with Crippen molar-refractivity contribution >= 4 is 23.7 Å². The molecule has 4 rings (SSSR count). The van der Waals surface area contributed by atoms with Gasteiger partial charge in [-0.25, -0.2) is 4.79 Å². The third-order valence-electron chi connectivity index (χ3n) is 4.72. The lowest BCUT2D eigenvalue weighted by atomic mass is 10.1. The van der Waals surface area contributed by atoms with Crippen molar-refractivity contribution in [3.8, 4) is 17.1 Å². The smallest absolute Gasteiger partial charge is 0.324 e. The van der Waals surface area contributed by atoms with Gasteiger partial charge in [0.2, 0.25) is 5.91 Å². The lowest BCUT2D eigenvalue weighted by Gasteiger charge is -2.13. The van der Waals surface area contributed by atoms with Crippen LogP contribution in [-0.4, -0.2) is 50.4 Å². The van der Waals surface area contributed by atoms with Crippen molar-refractivity contribution in [1.29, 1.82) is 0 Å². The fraction of sp³-hybridized carbons (Fsp3) is 0.238. The monoisotopic (exact) mass is 407 g/mol. The quantitative estimate of drug-likeness (QED) is 0.501. The first-order valence-electron chi connectivity index (χ1n) is 9.33. The van der Waals surface area contributed by atoms with E-state index in [9.17, 15) is 9.59 Å². The van der Waals surface area contributed by atoms with E-state index < -0.39 is 0 Å². The predicted octanol–water partition coefficient (Wildman–Crippen LogP) is 3.20. The SMILES string of the molecule is Cc1ccc(-c2nnc(SCCN3C(=O)CNC3=O)n2-c2ccc(C)cc2)cc1. The molecule has 1 saturated heterocycles. The van der Waals surface area contributed by atoms with Crippen LogP contribution in [0.5, 0.6) is 0 Å². The van der Waals surface area contributed by atoms with Crippen LogP contribution in [0.15, 0.2) is 53.7 Å². The molecule has 3 amide bonds. The molecule has 1 N–H and O–H groups in total. The number of aromatic nitrogens is 3. The Morgan fingerprint density at radius 3 is 2.24 bits per heavy atom. The summed E-state index contributed by atoms with van der Waals surface area (Å²) in [4.78, 5) is 24.7. The van der Waals surface area contributed by atoms with Crippen LogP contribution in [0.4, 0.5) is 4.79 Å². The Labute approximate surface area is 173 Å². The van der Waals surface area contributed by atoms with Crippen molar-refractivity contribution in [2.24, 2.45) is 0 Å². The summed E-state index contributed by atoms with van der Waals surface area (Å²) in [5.41, 5.74) is 4.29. The van der Waals surface area contributed by atoms with Gasteiger partial charge in [0.05, 0.1) is 6.54 Å². The summed E-state index contributed by atoms with van der Waals surface area (Å²) in [5, 5.41) is 12.1. The molecule has 0 aliphatic carbocycles. The molecule has 0 radical (unpaired) electrons. The second kappa shape index (κ2) is 8.08. The Balaban J connectivity index is 1.63. The minimum Gasteiger partial charge on any atom is -0.329 e. The maximum atomic E-state index is 11.8. The fourth-order valence-corrected chi connectivity index (χ4v) is 3.97. The number of amides is 3. The van der Waals surface area contributed by atoms with Gasteiger partial charge in [0, 0.05) is 23.5 Å². The lowest BCUT2D eigenvalue weighted by Crippen LogP contribution is -2.32. The topological polar surface area (TPSA) is 80.1 Å². The van der Waals surface area contributed by atoms with E-state index in [0.717, 1.165) is 22.2 Å². The first-order chi connectivity index (χ1) is 14.0. The highest BCUT2D eigenvalue weighted by Gasteiger charge is 2.28. The number of benzene rings is 2. The van der Waals surface area contributed by atoms with Crippen molar-refractivity contribution in [3.05, 3.63) is 59.7 Å². The molecule has 0 bridgehead atoms. The molecule has 1 aromatic heterocycles. The molecule has 0 saturated carbocycles. The molecule has 0 unspecified atom stereocenters. The van der Waals surface area contributed by atoms with Crippen LogP contribution in [0.25, 0.3) is 17.1 Å². The summed E-state index contributed by atoms with van der Waals surface area (Å²) in [6, 6.07) is 16.0. The van der Waals surface area contributed by atoms with Crippen molar-refractivity contribution in [3.63, 3.8) is 0 Å². The van der Waals surface area contributed by atoms with Gasteiger partial charge in [-0.1, -0.05) is 59.3 Å². The van der Waals surface area contributed by atoms with Crippen LogP contribution in [0.3, 0.4) is 0 Å². The Morgan fingerprint density at radius 1 is 0.966 bits per heavy atom. The Hall–Kier alpha value is -3.13. The van der Waals surface area contributed by atoms with Crippen molar-refractivity contribution in [2.45, 2.75) is 19.0 Å². The Kier molecular flexibility index (Phi) is 5.35. The molecule has 8 heteroatoms. The van der Waals surface area contributed by atoms with Crippen LogP contribution >= 0.6 is 11.8 Å². The normalized spacial score (nSPS) is 13.8. The van der Waals surface area contributed by atoms with E-state index in [1.807, 2.05) is 54.8 Å². The lowest BCUT2D eigenvalue weighted by molar-refractivity contribution is -0.124. The van der Waals surface area contributed by atoms with Gasteiger partial charge in [-0.15, -0.1) is 10.2 Å². The first-order valence-corrected chi connectivity index (χ1v) is 10.3. The highest BCUT2D eigenvalue weighted by atomic mass is 32.2. The van der Waals surface area contributed by atoms with Gasteiger partial charge >= 0.3 is 6.03 Å². The Bertz CT molecular complexity index is 1030. The van der Waals surface area contributed by atoms with E-state index in [0.29, 0.717) is 12.3 Å². The molecule has 2 aromatic carbocycles. The number of thioether (sulfide) groups is 1. The molecule has 1 fully saturated rings. The maximum absolute atomic E-state index is 11.8. The Morgan fingerprint density at radius 2 is 1.62 bits per heavy atom. The van der Waals surface area contributed by atoms with E-state index >= 15 is 0 Å². The molecule has 0 atom stereocenters. The first kappa shape index (κ1) is 19.2. The number of rotatable bonds is 6. The largest absolute Gasteiger partial charge is 0.329 e. The molecule has 148 valence electrons. The number of hydrogen-bond acceptors (Lipinski definition) is 5. The van der Waals surface area contributed by atoms with Crippen molar-refractivity contribution < 1.29 is 9.59 Å². The summed E-state index contributed by atoms with van der Waals surface area (Å²) in [5.74, 6) is 1.10. The standard InChI is InChI=1S/C21H21N5O2S/c1-14-3-7-16(8-4-14)19-23-24-21(26(19)17-9-5-15(2)6-10-17)29-12-11-25-18(27)13-22-20(25)28/h3-10H,11-13H2,1-2H3,(H,22,28). The average Bonchev–Trinajstić information content (AvgIpc) is 3.27. The summed E-state index contributed by atoms with van der Waals surface area (Å²) in [6.07, 6.45) is 0. The molecule has 1 aliphatic heterocycles. The van der Waals surface area contributed by atoms with Gasteiger partial charge in [-0.2, -0.15) is 0 Å². The van der Waals surface area contributed by atoms with Gasteiger partial charge in [0.25, 0.3) is 0 Å². The molecular weight excluding hydrogens is 386 g/mol. The van der Waals surface area contributed by atoms with Crippen LogP contribution in [0, 0.1) is 13.8 Å². The number of aryl methyl sites for hydroxylation is 2. The molecule has 2 heterocycles. The zero-order valence-corrected chi connectivity index (χ0v) is 17.1. The van der Waals surface area contributed by atoms with E-state index in [4.69, 9.17) is 0 Å².